The van der Waals surface area contributed by atoms with Gasteiger partial charge in [-0.2, -0.15) is 5.10 Å². The van der Waals surface area contributed by atoms with E-state index in [2.05, 4.69) is 10.4 Å². The van der Waals surface area contributed by atoms with Crippen LogP contribution in [0.4, 0.5) is 0 Å². The summed E-state index contributed by atoms with van der Waals surface area (Å²) in [5.74, 6) is -0.0702. The van der Waals surface area contributed by atoms with Crippen molar-refractivity contribution in [1.29, 1.82) is 0 Å². The van der Waals surface area contributed by atoms with Crippen molar-refractivity contribution in [3.05, 3.63) is 42.2 Å². The SMILES string of the molecule is Cn1cc(-c2cccc(C(=O)NCCCN)c2)cn1. The van der Waals surface area contributed by atoms with Gasteiger partial charge in [-0.1, -0.05) is 12.1 Å². The van der Waals surface area contributed by atoms with Gasteiger partial charge in [0.1, 0.15) is 0 Å². The van der Waals surface area contributed by atoms with Crippen LogP contribution in [0.1, 0.15) is 16.8 Å². The molecule has 5 heteroatoms. The summed E-state index contributed by atoms with van der Waals surface area (Å²) in [6.07, 6.45) is 4.49. The number of nitrogens with two attached hydrogens (primary N) is 1. The van der Waals surface area contributed by atoms with E-state index < -0.39 is 0 Å². The summed E-state index contributed by atoms with van der Waals surface area (Å²) in [5, 5.41) is 6.97. The van der Waals surface area contributed by atoms with E-state index in [1.165, 1.54) is 0 Å². The molecule has 1 aromatic carbocycles. The predicted octanol–water partition coefficient (Wildman–Crippen LogP) is 1.17. The molecule has 2 rings (SSSR count). The van der Waals surface area contributed by atoms with Crippen LogP contribution in [0.2, 0.25) is 0 Å². The fourth-order valence-corrected chi connectivity index (χ4v) is 1.82. The second-order valence-electron chi connectivity index (χ2n) is 4.38. The van der Waals surface area contributed by atoms with E-state index >= 15 is 0 Å². The maximum atomic E-state index is 11.9. The Kier molecular flexibility index (Phi) is 4.30. The maximum Gasteiger partial charge on any atom is 0.251 e. The molecule has 5 nitrogen and oxygen atoms in total. The van der Waals surface area contributed by atoms with E-state index in [-0.39, 0.29) is 5.91 Å². The highest BCUT2D eigenvalue weighted by molar-refractivity contribution is 5.95. The van der Waals surface area contributed by atoms with Gasteiger partial charge in [0, 0.05) is 30.9 Å². The van der Waals surface area contributed by atoms with E-state index in [0.29, 0.717) is 18.7 Å². The van der Waals surface area contributed by atoms with Crippen LogP contribution < -0.4 is 11.1 Å². The summed E-state index contributed by atoms with van der Waals surface area (Å²) < 4.78 is 1.74. The average molecular weight is 258 g/mol. The molecule has 3 N–H and O–H groups in total. The van der Waals surface area contributed by atoms with Crippen molar-refractivity contribution in [3.63, 3.8) is 0 Å². The highest BCUT2D eigenvalue weighted by atomic mass is 16.1. The van der Waals surface area contributed by atoms with Crippen LogP contribution in [0.5, 0.6) is 0 Å². The van der Waals surface area contributed by atoms with Crippen LogP contribution in [-0.2, 0) is 7.05 Å². The normalized spacial score (nSPS) is 10.4. The van der Waals surface area contributed by atoms with Gasteiger partial charge in [-0.3, -0.25) is 9.48 Å². The Morgan fingerprint density at radius 1 is 1.42 bits per heavy atom. The highest BCUT2D eigenvalue weighted by Gasteiger charge is 2.07. The molecule has 2 aromatic rings. The summed E-state index contributed by atoms with van der Waals surface area (Å²) in [5.41, 5.74) is 8.03. The van der Waals surface area contributed by atoms with Gasteiger partial charge < -0.3 is 11.1 Å². The van der Waals surface area contributed by atoms with Crippen molar-refractivity contribution in [2.24, 2.45) is 12.8 Å². The fourth-order valence-electron chi connectivity index (χ4n) is 1.82. The van der Waals surface area contributed by atoms with Crippen LogP contribution in [-0.4, -0.2) is 28.8 Å². The second-order valence-corrected chi connectivity index (χ2v) is 4.38. The van der Waals surface area contributed by atoms with Crippen molar-refractivity contribution < 1.29 is 4.79 Å². The third-order valence-electron chi connectivity index (χ3n) is 2.83. The van der Waals surface area contributed by atoms with Crippen LogP contribution in [0, 0.1) is 0 Å². The maximum absolute atomic E-state index is 11.9. The quantitative estimate of drug-likeness (QED) is 0.791. The van der Waals surface area contributed by atoms with Crippen molar-refractivity contribution in [2.45, 2.75) is 6.42 Å². The molecule has 0 bridgehead atoms. The van der Waals surface area contributed by atoms with E-state index in [9.17, 15) is 4.79 Å². The number of nitrogens with zero attached hydrogens (tertiary/aromatic N) is 2. The number of hydrogen-bond acceptors (Lipinski definition) is 3. The Balaban J connectivity index is 2.13. The van der Waals surface area contributed by atoms with Crippen molar-refractivity contribution in [3.8, 4) is 11.1 Å². The number of carbonyl (C=O) groups is 1. The standard InChI is InChI=1S/C14H18N4O/c1-18-10-13(9-17-18)11-4-2-5-12(8-11)14(19)16-7-3-6-15/h2,4-5,8-10H,3,6-7,15H2,1H3,(H,16,19). The lowest BCUT2D eigenvalue weighted by molar-refractivity contribution is 0.0953. The number of nitrogens with one attached hydrogen (secondary N) is 1. The number of carbonyl (C=O) groups excluding carboxylic acids is 1. The van der Waals surface area contributed by atoms with E-state index in [4.69, 9.17) is 5.73 Å². The van der Waals surface area contributed by atoms with Crippen LogP contribution in [0.25, 0.3) is 11.1 Å². The van der Waals surface area contributed by atoms with E-state index in [1.54, 1.807) is 16.9 Å². The molecule has 1 amide bonds. The van der Waals surface area contributed by atoms with Crippen molar-refractivity contribution in [1.82, 2.24) is 15.1 Å². The number of aromatic nitrogens is 2. The van der Waals surface area contributed by atoms with Gasteiger partial charge in [0.25, 0.3) is 5.91 Å². The Hall–Kier alpha value is -2.14. The molecule has 0 unspecified atom stereocenters. The molecule has 0 fully saturated rings. The lowest BCUT2D eigenvalue weighted by Gasteiger charge is -2.05. The molecule has 0 spiro atoms. The van der Waals surface area contributed by atoms with Crippen molar-refractivity contribution in [2.75, 3.05) is 13.1 Å². The lowest BCUT2D eigenvalue weighted by atomic mass is 10.1. The first kappa shape index (κ1) is 13.3. The monoisotopic (exact) mass is 258 g/mol. The molecule has 19 heavy (non-hydrogen) atoms. The summed E-state index contributed by atoms with van der Waals surface area (Å²) in [7, 11) is 1.87. The van der Waals surface area contributed by atoms with Crippen molar-refractivity contribution >= 4 is 5.91 Å². The first-order chi connectivity index (χ1) is 9.20. The molecule has 100 valence electrons. The van der Waals surface area contributed by atoms with E-state index in [1.807, 2.05) is 31.4 Å². The topological polar surface area (TPSA) is 72.9 Å². The molecular formula is C14H18N4O. The number of benzene rings is 1. The lowest BCUT2D eigenvalue weighted by Crippen LogP contribution is -2.25. The molecule has 1 heterocycles. The van der Waals surface area contributed by atoms with Crippen LogP contribution in [0.15, 0.2) is 36.7 Å². The summed E-state index contributed by atoms with van der Waals surface area (Å²) >= 11 is 0. The Labute approximate surface area is 112 Å². The minimum Gasteiger partial charge on any atom is -0.352 e. The largest absolute Gasteiger partial charge is 0.352 e. The Morgan fingerprint density at radius 2 is 2.26 bits per heavy atom. The molecule has 0 aliphatic rings. The van der Waals surface area contributed by atoms with Gasteiger partial charge in [-0.25, -0.2) is 0 Å². The minimum absolute atomic E-state index is 0.0702. The minimum atomic E-state index is -0.0702. The molecular weight excluding hydrogens is 240 g/mol. The third-order valence-corrected chi connectivity index (χ3v) is 2.83. The Bertz CT molecular complexity index is 562. The first-order valence-electron chi connectivity index (χ1n) is 6.28. The number of aryl methyl sites for hydroxylation is 1. The third kappa shape index (κ3) is 3.42. The highest BCUT2D eigenvalue weighted by Crippen LogP contribution is 2.19. The molecule has 0 saturated heterocycles. The zero-order valence-electron chi connectivity index (χ0n) is 11.0. The molecule has 0 aliphatic heterocycles. The summed E-state index contributed by atoms with van der Waals surface area (Å²) in [6.45, 7) is 1.18. The second kappa shape index (κ2) is 6.15. The molecule has 0 saturated carbocycles. The van der Waals surface area contributed by atoms with Crippen LogP contribution >= 0.6 is 0 Å². The Morgan fingerprint density at radius 3 is 2.95 bits per heavy atom. The number of amides is 1. The van der Waals surface area contributed by atoms with Gasteiger partial charge in [0.15, 0.2) is 0 Å². The number of rotatable bonds is 5. The van der Waals surface area contributed by atoms with Gasteiger partial charge in [0.05, 0.1) is 6.20 Å². The fraction of sp³-hybridized carbons (Fsp3) is 0.286. The van der Waals surface area contributed by atoms with Gasteiger partial charge in [-0.05, 0) is 30.7 Å². The molecule has 0 atom stereocenters. The summed E-state index contributed by atoms with van der Waals surface area (Å²) in [6, 6.07) is 7.51. The molecule has 0 radical (unpaired) electrons. The zero-order valence-corrected chi connectivity index (χ0v) is 11.0. The van der Waals surface area contributed by atoms with Gasteiger partial charge in [-0.15, -0.1) is 0 Å². The molecule has 1 aromatic heterocycles. The smallest absolute Gasteiger partial charge is 0.251 e. The predicted molar refractivity (Wildman–Crippen MR) is 74.6 cm³/mol. The van der Waals surface area contributed by atoms with Gasteiger partial charge in [0.2, 0.25) is 0 Å². The van der Waals surface area contributed by atoms with Gasteiger partial charge >= 0.3 is 0 Å². The number of hydrogen-bond donors (Lipinski definition) is 2. The first-order valence-corrected chi connectivity index (χ1v) is 6.28. The van der Waals surface area contributed by atoms with Crippen LogP contribution in [0.3, 0.4) is 0 Å². The summed E-state index contributed by atoms with van der Waals surface area (Å²) in [4.78, 5) is 11.9. The zero-order chi connectivity index (χ0) is 13.7. The van der Waals surface area contributed by atoms with E-state index in [0.717, 1.165) is 17.5 Å². The average Bonchev–Trinajstić information content (AvgIpc) is 2.86. The molecule has 0 aliphatic carbocycles.